The van der Waals surface area contributed by atoms with Gasteiger partial charge in [-0.2, -0.15) is 0 Å². The summed E-state index contributed by atoms with van der Waals surface area (Å²) < 4.78 is 0. The Hall–Kier alpha value is -1.61. The lowest BCUT2D eigenvalue weighted by Crippen LogP contribution is -2.30. The van der Waals surface area contributed by atoms with Gasteiger partial charge in [0.25, 0.3) is 0 Å². The molecule has 0 spiro atoms. The minimum absolute atomic E-state index is 0.238. The van der Waals surface area contributed by atoms with Crippen LogP contribution in [0.4, 0.5) is 0 Å². The Balaban J connectivity index is 1.89. The molecule has 0 saturated carbocycles. The van der Waals surface area contributed by atoms with E-state index in [1.807, 2.05) is 17.9 Å². The zero-order valence-corrected chi connectivity index (χ0v) is 13.0. The van der Waals surface area contributed by atoms with Crippen LogP contribution in [0, 0.1) is 6.92 Å². The van der Waals surface area contributed by atoms with Gasteiger partial charge in [0.05, 0.1) is 6.54 Å². The highest BCUT2D eigenvalue weighted by atomic mass is 32.1. The first-order chi connectivity index (χ1) is 9.69. The average Bonchev–Trinajstić information content (AvgIpc) is 2.95. The van der Waals surface area contributed by atoms with Crippen LogP contribution in [0.15, 0.2) is 41.8 Å². The zero-order chi connectivity index (χ0) is 14.4. The van der Waals surface area contributed by atoms with E-state index in [1.54, 1.807) is 11.3 Å². The van der Waals surface area contributed by atoms with Crippen molar-refractivity contribution in [3.8, 4) is 0 Å². The minimum atomic E-state index is 0.238. The molecule has 1 aromatic carbocycles. The fraction of sp³-hybridized carbons (Fsp3) is 0.353. The third-order valence-electron chi connectivity index (χ3n) is 3.37. The van der Waals surface area contributed by atoms with E-state index in [0.29, 0.717) is 6.42 Å². The summed E-state index contributed by atoms with van der Waals surface area (Å²) >= 11 is 1.71. The number of amides is 1. The molecule has 3 heteroatoms. The van der Waals surface area contributed by atoms with E-state index in [1.165, 1.54) is 16.0 Å². The molecule has 2 rings (SSSR count). The van der Waals surface area contributed by atoms with Gasteiger partial charge in [-0.3, -0.25) is 4.79 Å². The summed E-state index contributed by atoms with van der Waals surface area (Å²) in [5.41, 5.74) is 2.49. The van der Waals surface area contributed by atoms with Crippen LogP contribution in [0.3, 0.4) is 0 Å². The van der Waals surface area contributed by atoms with Crippen molar-refractivity contribution in [1.29, 1.82) is 0 Å². The van der Waals surface area contributed by atoms with Crippen molar-refractivity contribution >= 4 is 17.2 Å². The van der Waals surface area contributed by atoms with Gasteiger partial charge in [0.2, 0.25) is 5.91 Å². The summed E-state index contributed by atoms with van der Waals surface area (Å²) in [7, 11) is 0. The molecular formula is C17H21NOS. The Bertz CT molecular complexity index is 548. The molecule has 2 nitrogen and oxygen atoms in total. The highest BCUT2D eigenvalue weighted by Gasteiger charge is 2.12. The molecule has 1 aromatic heterocycles. The first kappa shape index (κ1) is 14.8. The molecule has 1 heterocycles. The van der Waals surface area contributed by atoms with Gasteiger partial charge in [-0.1, -0.05) is 35.9 Å². The molecule has 0 N–H and O–H groups in total. The topological polar surface area (TPSA) is 20.3 Å². The summed E-state index contributed by atoms with van der Waals surface area (Å²) in [6.45, 7) is 5.63. The fourth-order valence-electron chi connectivity index (χ4n) is 2.24. The number of benzene rings is 1. The predicted octanol–water partition coefficient (Wildman–Crippen LogP) is 4.04. The van der Waals surface area contributed by atoms with Gasteiger partial charge in [0.1, 0.15) is 0 Å². The number of aryl methyl sites for hydroxylation is 2. The van der Waals surface area contributed by atoms with Gasteiger partial charge in [0.15, 0.2) is 0 Å². The molecule has 2 aromatic rings. The Labute approximate surface area is 125 Å². The number of thiophene rings is 1. The van der Waals surface area contributed by atoms with Gasteiger partial charge >= 0.3 is 0 Å². The van der Waals surface area contributed by atoms with Crippen LogP contribution < -0.4 is 0 Å². The van der Waals surface area contributed by atoms with Crippen LogP contribution in [0.5, 0.6) is 0 Å². The quantitative estimate of drug-likeness (QED) is 0.785. The molecule has 0 atom stereocenters. The second kappa shape index (κ2) is 7.25. The van der Waals surface area contributed by atoms with Crippen molar-refractivity contribution in [2.75, 3.05) is 6.54 Å². The Kier molecular flexibility index (Phi) is 5.36. The smallest absolute Gasteiger partial charge is 0.223 e. The largest absolute Gasteiger partial charge is 0.338 e. The average molecular weight is 287 g/mol. The van der Waals surface area contributed by atoms with E-state index in [4.69, 9.17) is 0 Å². The predicted molar refractivity (Wildman–Crippen MR) is 84.9 cm³/mol. The summed E-state index contributed by atoms with van der Waals surface area (Å²) in [5.74, 6) is 0.238. The Morgan fingerprint density at radius 3 is 2.75 bits per heavy atom. The molecular weight excluding hydrogens is 266 g/mol. The molecule has 20 heavy (non-hydrogen) atoms. The van der Waals surface area contributed by atoms with Crippen molar-refractivity contribution in [1.82, 2.24) is 4.90 Å². The van der Waals surface area contributed by atoms with Crippen molar-refractivity contribution < 1.29 is 4.79 Å². The number of rotatable bonds is 6. The third-order valence-corrected chi connectivity index (χ3v) is 4.23. The second-order valence-electron chi connectivity index (χ2n) is 4.98. The van der Waals surface area contributed by atoms with E-state index in [0.717, 1.165) is 19.5 Å². The lowest BCUT2D eigenvalue weighted by Gasteiger charge is -2.20. The number of hydrogen-bond acceptors (Lipinski definition) is 2. The number of carbonyl (C=O) groups excluding carboxylic acids is 1. The third kappa shape index (κ3) is 4.20. The van der Waals surface area contributed by atoms with Gasteiger partial charge in [0, 0.05) is 17.8 Å². The first-order valence-electron chi connectivity index (χ1n) is 7.04. The van der Waals surface area contributed by atoms with Crippen molar-refractivity contribution in [3.63, 3.8) is 0 Å². The maximum atomic E-state index is 12.3. The van der Waals surface area contributed by atoms with Crippen LogP contribution in [-0.2, 0) is 17.8 Å². The molecule has 0 aliphatic heterocycles. The lowest BCUT2D eigenvalue weighted by atomic mass is 10.1. The molecule has 0 unspecified atom stereocenters. The molecule has 0 aliphatic rings. The van der Waals surface area contributed by atoms with Crippen molar-refractivity contribution in [3.05, 3.63) is 57.8 Å². The van der Waals surface area contributed by atoms with Crippen LogP contribution in [0.1, 0.15) is 29.3 Å². The molecule has 0 bridgehead atoms. The zero-order valence-electron chi connectivity index (χ0n) is 12.1. The number of nitrogens with zero attached hydrogens (tertiary/aromatic N) is 1. The summed E-state index contributed by atoms with van der Waals surface area (Å²) in [6.07, 6.45) is 1.41. The van der Waals surface area contributed by atoms with Crippen LogP contribution in [-0.4, -0.2) is 17.4 Å². The standard InChI is InChI=1S/C17H21NOS/c1-3-18(13-16-8-5-11-20-16)17(19)10-9-15-7-4-6-14(2)12-15/h4-8,11-12H,3,9-10,13H2,1-2H3. The van der Waals surface area contributed by atoms with E-state index in [-0.39, 0.29) is 5.91 Å². The summed E-state index contributed by atoms with van der Waals surface area (Å²) in [4.78, 5) is 15.5. The minimum Gasteiger partial charge on any atom is -0.338 e. The van der Waals surface area contributed by atoms with Crippen LogP contribution in [0.2, 0.25) is 0 Å². The van der Waals surface area contributed by atoms with Gasteiger partial charge in [-0.25, -0.2) is 0 Å². The van der Waals surface area contributed by atoms with E-state index >= 15 is 0 Å². The van der Waals surface area contributed by atoms with Gasteiger partial charge in [-0.05, 0) is 37.3 Å². The maximum absolute atomic E-state index is 12.3. The van der Waals surface area contributed by atoms with Crippen LogP contribution in [0.25, 0.3) is 0 Å². The molecule has 0 radical (unpaired) electrons. The van der Waals surface area contributed by atoms with Gasteiger partial charge < -0.3 is 4.90 Å². The monoisotopic (exact) mass is 287 g/mol. The lowest BCUT2D eigenvalue weighted by molar-refractivity contribution is -0.131. The maximum Gasteiger partial charge on any atom is 0.223 e. The summed E-state index contributed by atoms with van der Waals surface area (Å²) in [5, 5.41) is 2.06. The van der Waals surface area contributed by atoms with E-state index in [2.05, 4.69) is 42.6 Å². The highest BCUT2D eigenvalue weighted by Crippen LogP contribution is 2.13. The Morgan fingerprint density at radius 2 is 2.10 bits per heavy atom. The fourth-order valence-corrected chi connectivity index (χ4v) is 2.96. The van der Waals surface area contributed by atoms with Crippen molar-refractivity contribution in [2.24, 2.45) is 0 Å². The highest BCUT2D eigenvalue weighted by molar-refractivity contribution is 7.09. The molecule has 0 fully saturated rings. The molecule has 0 aliphatic carbocycles. The molecule has 1 amide bonds. The normalized spacial score (nSPS) is 10.5. The Morgan fingerprint density at radius 1 is 1.25 bits per heavy atom. The van der Waals surface area contributed by atoms with E-state index in [9.17, 15) is 4.79 Å². The SMILES string of the molecule is CCN(Cc1cccs1)C(=O)CCc1cccc(C)c1. The molecule has 0 saturated heterocycles. The first-order valence-corrected chi connectivity index (χ1v) is 7.92. The van der Waals surface area contributed by atoms with E-state index < -0.39 is 0 Å². The number of carbonyl (C=O) groups is 1. The second-order valence-corrected chi connectivity index (χ2v) is 6.01. The van der Waals surface area contributed by atoms with Crippen molar-refractivity contribution in [2.45, 2.75) is 33.2 Å². The number of hydrogen-bond donors (Lipinski definition) is 0. The summed E-state index contributed by atoms with van der Waals surface area (Å²) in [6, 6.07) is 12.5. The van der Waals surface area contributed by atoms with Gasteiger partial charge in [-0.15, -0.1) is 11.3 Å². The molecule has 106 valence electrons. The van der Waals surface area contributed by atoms with Crippen LogP contribution >= 0.6 is 11.3 Å².